The third kappa shape index (κ3) is 2.47. The second-order valence-electron chi connectivity index (χ2n) is 5.32. The van der Waals surface area contributed by atoms with Gasteiger partial charge in [-0.1, -0.05) is 26.0 Å². The number of aliphatic hydroxyl groups is 1. The van der Waals surface area contributed by atoms with Gasteiger partial charge in [0.1, 0.15) is 5.75 Å². The van der Waals surface area contributed by atoms with E-state index >= 15 is 0 Å². The van der Waals surface area contributed by atoms with Crippen LogP contribution in [0, 0.1) is 11.8 Å². The van der Waals surface area contributed by atoms with Gasteiger partial charge in [-0.2, -0.15) is 0 Å². The molecule has 0 spiro atoms. The zero-order valence-electron chi connectivity index (χ0n) is 10.9. The quantitative estimate of drug-likeness (QED) is 0.795. The van der Waals surface area contributed by atoms with E-state index in [1.807, 2.05) is 18.2 Å². The second-order valence-corrected chi connectivity index (χ2v) is 5.32. The molecule has 2 atom stereocenters. The summed E-state index contributed by atoms with van der Waals surface area (Å²) in [5.74, 6) is 2.15. The van der Waals surface area contributed by atoms with E-state index in [9.17, 15) is 5.11 Å². The highest BCUT2D eigenvalue weighted by Gasteiger charge is 2.26. The molecule has 1 aromatic carbocycles. The maximum Gasteiger partial charge on any atom is 0.122 e. The summed E-state index contributed by atoms with van der Waals surface area (Å²) >= 11 is 0. The van der Waals surface area contributed by atoms with Crippen LogP contribution in [0.2, 0.25) is 0 Å². The number of ether oxygens (including phenoxy) is 1. The lowest BCUT2D eigenvalue weighted by Gasteiger charge is -2.20. The SMILES string of the molecule is COc1cccc2c1CC[C@H](C(C)C)C[C@@H]2O. The zero-order valence-corrected chi connectivity index (χ0v) is 10.9. The van der Waals surface area contributed by atoms with Gasteiger partial charge in [-0.05, 0) is 48.3 Å². The van der Waals surface area contributed by atoms with Crippen molar-refractivity contribution in [2.45, 2.75) is 39.2 Å². The van der Waals surface area contributed by atoms with Gasteiger partial charge in [0.25, 0.3) is 0 Å². The van der Waals surface area contributed by atoms with Crippen molar-refractivity contribution in [2.75, 3.05) is 7.11 Å². The monoisotopic (exact) mass is 234 g/mol. The maximum atomic E-state index is 10.3. The average Bonchev–Trinajstić information content (AvgIpc) is 2.49. The number of hydrogen-bond acceptors (Lipinski definition) is 2. The summed E-state index contributed by atoms with van der Waals surface area (Å²) in [6.45, 7) is 4.48. The Labute approximate surface area is 104 Å². The van der Waals surface area contributed by atoms with E-state index in [0.29, 0.717) is 11.8 Å². The first-order valence-electron chi connectivity index (χ1n) is 6.47. The number of hydrogen-bond donors (Lipinski definition) is 1. The molecular weight excluding hydrogens is 212 g/mol. The first-order valence-corrected chi connectivity index (χ1v) is 6.47. The highest BCUT2D eigenvalue weighted by molar-refractivity contribution is 5.42. The molecule has 17 heavy (non-hydrogen) atoms. The van der Waals surface area contributed by atoms with Crippen LogP contribution in [0.25, 0.3) is 0 Å². The first kappa shape index (κ1) is 12.4. The van der Waals surface area contributed by atoms with Gasteiger partial charge in [0.05, 0.1) is 13.2 Å². The fraction of sp³-hybridized carbons (Fsp3) is 0.600. The van der Waals surface area contributed by atoms with Gasteiger partial charge >= 0.3 is 0 Å². The minimum atomic E-state index is -0.338. The zero-order chi connectivity index (χ0) is 12.4. The molecular formula is C15H22O2. The van der Waals surface area contributed by atoms with Crippen LogP contribution in [0.1, 0.15) is 43.9 Å². The Balaban J connectivity index is 2.33. The van der Waals surface area contributed by atoms with Gasteiger partial charge < -0.3 is 9.84 Å². The van der Waals surface area contributed by atoms with E-state index in [4.69, 9.17) is 4.74 Å². The fourth-order valence-electron chi connectivity index (χ4n) is 2.82. The van der Waals surface area contributed by atoms with Crippen molar-refractivity contribution < 1.29 is 9.84 Å². The highest BCUT2D eigenvalue weighted by atomic mass is 16.5. The number of methoxy groups -OCH3 is 1. The predicted octanol–water partition coefficient (Wildman–Crippen LogP) is 3.34. The normalized spacial score (nSPS) is 24.3. The number of benzene rings is 1. The third-order valence-corrected chi connectivity index (χ3v) is 3.98. The lowest BCUT2D eigenvalue weighted by atomic mass is 9.88. The van der Waals surface area contributed by atoms with Crippen molar-refractivity contribution in [3.8, 4) is 5.75 Å². The molecule has 1 aliphatic rings. The maximum absolute atomic E-state index is 10.3. The number of fused-ring (bicyclic) bond motifs is 1. The Morgan fingerprint density at radius 3 is 2.76 bits per heavy atom. The molecule has 0 unspecified atom stereocenters. The molecule has 2 rings (SSSR count). The molecule has 2 heteroatoms. The molecule has 0 aliphatic heterocycles. The largest absolute Gasteiger partial charge is 0.496 e. The molecule has 94 valence electrons. The van der Waals surface area contributed by atoms with Crippen molar-refractivity contribution in [3.63, 3.8) is 0 Å². The molecule has 0 aromatic heterocycles. The van der Waals surface area contributed by atoms with E-state index in [-0.39, 0.29) is 6.10 Å². The predicted molar refractivity (Wildman–Crippen MR) is 69.2 cm³/mol. The average molecular weight is 234 g/mol. The molecule has 0 bridgehead atoms. The number of aliphatic hydroxyl groups excluding tert-OH is 1. The van der Waals surface area contributed by atoms with Gasteiger partial charge in [-0.3, -0.25) is 0 Å². The van der Waals surface area contributed by atoms with Gasteiger partial charge in [0, 0.05) is 0 Å². The minimum absolute atomic E-state index is 0.338. The second kappa shape index (κ2) is 5.09. The van der Waals surface area contributed by atoms with Crippen LogP contribution in [0.4, 0.5) is 0 Å². The van der Waals surface area contributed by atoms with Crippen LogP contribution >= 0.6 is 0 Å². The summed E-state index contributed by atoms with van der Waals surface area (Å²) in [5.41, 5.74) is 2.26. The van der Waals surface area contributed by atoms with Crippen molar-refractivity contribution in [3.05, 3.63) is 29.3 Å². The smallest absolute Gasteiger partial charge is 0.122 e. The summed E-state index contributed by atoms with van der Waals surface area (Å²) in [6, 6.07) is 5.99. The van der Waals surface area contributed by atoms with E-state index in [0.717, 1.165) is 30.6 Å². The van der Waals surface area contributed by atoms with Crippen molar-refractivity contribution in [1.29, 1.82) is 0 Å². The van der Waals surface area contributed by atoms with Gasteiger partial charge in [-0.15, -0.1) is 0 Å². The van der Waals surface area contributed by atoms with Crippen LogP contribution in [-0.2, 0) is 6.42 Å². The molecule has 0 saturated heterocycles. The third-order valence-electron chi connectivity index (χ3n) is 3.98. The molecule has 0 heterocycles. The molecule has 1 aliphatic carbocycles. The van der Waals surface area contributed by atoms with Crippen LogP contribution in [0.5, 0.6) is 5.75 Å². The number of rotatable bonds is 2. The van der Waals surface area contributed by atoms with Gasteiger partial charge in [-0.25, -0.2) is 0 Å². The van der Waals surface area contributed by atoms with Gasteiger partial charge in [0.2, 0.25) is 0 Å². The summed E-state index contributed by atoms with van der Waals surface area (Å²) in [4.78, 5) is 0. The summed E-state index contributed by atoms with van der Waals surface area (Å²) in [5, 5.41) is 10.3. The highest BCUT2D eigenvalue weighted by Crippen LogP contribution is 2.38. The van der Waals surface area contributed by atoms with E-state index in [1.54, 1.807) is 7.11 Å². The van der Waals surface area contributed by atoms with Gasteiger partial charge in [0.15, 0.2) is 0 Å². The molecule has 0 radical (unpaired) electrons. The minimum Gasteiger partial charge on any atom is -0.496 e. The van der Waals surface area contributed by atoms with E-state index in [2.05, 4.69) is 13.8 Å². The fourth-order valence-corrected chi connectivity index (χ4v) is 2.82. The molecule has 2 nitrogen and oxygen atoms in total. The van der Waals surface area contributed by atoms with E-state index in [1.165, 1.54) is 5.56 Å². The van der Waals surface area contributed by atoms with Crippen molar-refractivity contribution in [1.82, 2.24) is 0 Å². The Kier molecular flexibility index (Phi) is 3.72. The van der Waals surface area contributed by atoms with Crippen LogP contribution < -0.4 is 4.74 Å². The van der Waals surface area contributed by atoms with E-state index < -0.39 is 0 Å². The molecule has 0 saturated carbocycles. The lowest BCUT2D eigenvalue weighted by Crippen LogP contribution is -2.11. The lowest BCUT2D eigenvalue weighted by molar-refractivity contribution is 0.132. The molecule has 0 amide bonds. The Hall–Kier alpha value is -1.02. The summed E-state index contributed by atoms with van der Waals surface area (Å²) < 4.78 is 5.40. The summed E-state index contributed by atoms with van der Waals surface area (Å²) in [7, 11) is 1.70. The van der Waals surface area contributed by atoms with Crippen LogP contribution in [0.3, 0.4) is 0 Å². The van der Waals surface area contributed by atoms with Crippen LogP contribution in [0.15, 0.2) is 18.2 Å². The standard InChI is InChI=1S/C15H22O2/c1-10(2)11-7-8-13-12(14(16)9-11)5-4-6-15(13)17-3/h4-6,10-11,14,16H,7-9H2,1-3H3/t11-,14-/m0/s1. The molecule has 1 aromatic rings. The van der Waals surface area contributed by atoms with Crippen molar-refractivity contribution >= 4 is 0 Å². The topological polar surface area (TPSA) is 29.5 Å². The van der Waals surface area contributed by atoms with Crippen LogP contribution in [-0.4, -0.2) is 12.2 Å². The van der Waals surface area contributed by atoms with Crippen molar-refractivity contribution in [2.24, 2.45) is 11.8 Å². The first-order chi connectivity index (χ1) is 8.13. The molecule has 1 N–H and O–H groups in total. The summed E-state index contributed by atoms with van der Waals surface area (Å²) in [6.07, 6.45) is 2.69. The Morgan fingerprint density at radius 1 is 1.35 bits per heavy atom. The molecule has 0 fully saturated rings. The Bertz CT molecular complexity index is 385. The Morgan fingerprint density at radius 2 is 2.12 bits per heavy atom.